The Morgan fingerprint density at radius 2 is 1.70 bits per heavy atom. The summed E-state index contributed by atoms with van der Waals surface area (Å²) < 4.78 is 20.1. The number of nitrogens with one attached hydrogen (secondary N) is 2. The number of Topliss-reactive ketones (excluding diaryl/α,β-unsaturated/α-hetero) is 1. The van der Waals surface area contributed by atoms with Gasteiger partial charge in [-0.2, -0.15) is 0 Å². The van der Waals surface area contributed by atoms with E-state index in [1.54, 1.807) is 24.4 Å². The van der Waals surface area contributed by atoms with Crippen LogP contribution in [0.1, 0.15) is 18.2 Å². The number of ether oxygens (including phenoxy) is 1. The van der Waals surface area contributed by atoms with Gasteiger partial charge < -0.3 is 20.3 Å². The van der Waals surface area contributed by atoms with Gasteiger partial charge in [-0.25, -0.2) is 19.2 Å². The fraction of sp³-hybridized carbons (Fsp3) is 0.206. The van der Waals surface area contributed by atoms with Crippen LogP contribution in [0, 0.1) is 12.7 Å². The Balaban J connectivity index is 1.26. The smallest absolute Gasteiger partial charge is 0.323 e. The highest BCUT2D eigenvalue weighted by Gasteiger charge is 2.19. The maximum atomic E-state index is 14.5. The molecule has 3 aromatic carbocycles. The molecule has 0 radical (unpaired) electrons. The first-order chi connectivity index (χ1) is 21.3. The molecule has 1 aliphatic heterocycles. The second-order valence-electron chi connectivity index (χ2n) is 10.7. The number of amides is 2. The molecule has 3 heterocycles. The zero-order valence-corrected chi connectivity index (χ0v) is 24.4. The minimum Gasteiger partial charge on any atom is -0.378 e. The number of aromatic nitrogens is 3. The summed E-state index contributed by atoms with van der Waals surface area (Å²) in [5.74, 6) is 0.728. The number of halogens is 1. The summed E-state index contributed by atoms with van der Waals surface area (Å²) in [6.45, 7) is 6.15. The van der Waals surface area contributed by atoms with Gasteiger partial charge in [-0.1, -0.05) is 18.2 Å². The second-order valence-corrected chi connectivity index (χ2v) is 10.7. The molecule has 0 spiro atoms. The van der Waals surface area contributed by atoms with Crippen LogP contribution in [-0.4, -0.2) is 53.1 Å². The van der Waals surface area contributed by atoms with Crippen LogP contribution >= 0.6 is 0 Å². The maximum Gasteiger partial charge on any atom is 0.323 e. The summed E-state index contributed by atoms with van der Waals surface area (Å²) >= 11 is 0. The number of carbonyl (C=O) groups excluding carboxylic acids is 2. The van der Waals surface area contributed by atoms with Crippen molar-refractivity contribution in [3.63, 3.8) is 0 Å². The topological polar surface area (TPSA) is 109 Å². The molecule has 2 aromatic heterocycles. The van der Waals surface area contributed by atoms with Gasteiger partial charge in [0, 0.05) is 53.6 Å². The lowest BCUT2D eigenvalue weighted by molar-refractivity contribution is -0.116. The van der Waals surface area contributed by atoms with Crippen LogP contribution in [0.5, 0.6) is 0 Å². The fourth-order valence-electron chi connectivity index (χ4n) is 5.26. The lowest BCUT2D eigenvalue weighted by Crippen LogP contribution is -2.37. The minimum atomic E-state index is -0.611. The number of pyridine rings is 1. The number of aryl methyl sites for hydroxylation is 1. The van der Waals surface area contributed by atoms with Crippen LogP contribution in [0.15, 0.2) is 79.0 Å². The summed E-state index contributed by atoms with van der Waals surface area (Å²) in [6, 6.07) is 21.1. The largest absolute Gasteiger partial charge is 0.378 e. The molecule has 10 heteroatoms. The maximum absolute atomic E-state index is 14.5. The Morgan fingerprint density at radius 1 is 0.932 bits per heavy atom. The van der Waals surface area contributed by atoms with E-state index in [-0.39, 0.29) is 17.9 Å². The van der Waals surface area contributed by atoms with Crippen molar-refractivity contribution in [2.24, 2.45) is 0 Å². The van der Waals surface area contributed by atoms with Crippen LogP contribution in [0.25, 0.3) is 33.4 Å². The van der Waals surface area contributed by atoms with Gasteiger partial charge in [-0.05, 0) is 79.6 Å². The molecule has 0 aliphatic carbocycles. The zero-order valence-electron chi connectivity index (χ0n) is 24.4. The summed E-state index contributed by atoms with van der Waals surface area (Å²) in [5.41, 5.74) is 5.69. The number of rotatable bonds is 7. The zero-order chi connectivity index (χ0) is 30.6. The molecule has 6 rings (SSSR count). The Labute approximate surface area is 254 Å². The van der Waals surface area contributed by atoms with Crippen molar-refractivity contribution in [2.45, 2.75) is 20.3 Å². The Bertz CT molecular complexity index is 1850. The fourth-order valence-corrected chi connectivity index (χ4v) is 5.26. The molecule has 222 valence electrons. The van der Waals surface area contributed by atoms with E-state index in [9.17, 15) is 14.0 Å². The molecular formula is C34H31FN6O3. The molecule has 0 bridgehead atoms. The van der Waals surface area contributed by atoms with Crippen molar-refractivity contribution in [1.82, 2.24) is 15.0 Å². The first-order valence-corrected chi connectivity index (χ1v) is 14.4. The number of urea groups is 1. The molecule has 9 nitrogen and oxygen atoms in total. The van der Waals surface area contributed by atoms with Crippen LogP contribution in [-0.2, 0) is 16.0 Å². The Morgan fingerprint density at radius 3 is 2.43 bits per heavy atom. The van der Waals surface area contributed by atoms with Gasteiger partial charge in [0.1, 0.15) is 17.4 Å². The number of morpholine rings is 1. The number of benzene rings is 3. The quantitative estimate of drug-likeness (QED) is 0.225. The number of ketones is 1. The van der Waals surface area contributed by atoms with Gasteiger partial charge in [-0.15, -0.1) is 0 Å². The van der Waals surface area contributed by atoms with Crippen LogP contribution in [0.3, 0.4) is 0 Å². The monoisotopic (exact) mass is 590 g/mol. The van der Waals surface area contributed by atoms with E-state index in [0.717, 1.165) is 52.2 Å². The number of anilines is 3. The predicted molar refractivity (Wildman–Crippen MR) is 169 cm³/mol. The van der Waals surface area contributed by atoms with Gasteiger partial charge in [0.15, 0.2) is 5.82 Å². The SMILES string of the molecule is CC(=O)Cc1ccc(NC(=O)Nc2ccc(-c3nc(N4CCOCC4)c4ccc(-c5cccnc5C)cc4n3)cc2)c(F)c1. The molecular weight excluding hydrogens is 559 g/mol. The molecule has 1 fully saturated rings. The molecule has 0 unspecified atom stereocenters. The molecule has 2 N–H and O–H groups in total. The van der Waals surface area contributed by atoms with Gasteiger partial charge in [0.25, 0.3) is 0 Å². The standard InChI is InChI=1S/C34H31FN6O3/c1-21(42)18-23-5-12-30(29(35)19-23)39-34(43)37-26-9-6-24(7-10-26)32-38-31-20-25(27-4-3-13-36-22(27)2)8-11-28(31)33(40-32)41-14-16-44-17-15-41/h3-13,19-20H,14-18H2,1-2H3,(H2,37,39,43). The van der Waals surface area contributed by atoms with E-state index in [0.29, 0.717) is 30.3 Å². The van der Waals surface area contributed by atoms with Crippen molar-refractivity contribution in [3.8, 4) is 22.5 Å². The number of hydrogen-bond acceptors (Lipinski definition) is 7. The van der Waals surface area contributed by atoms with E-state index >= 15 is 0 Å². The van der Waals surface area contributed by atoms with E-state index in [2.05, 4.69) is 38.7 Å². The second kappa shape index (κ2) is 12.6. The van der Waals surface area contributed by atoms with E-state index < -0.39 is 11.8 Å². The molecule has 44 heavy (non-hydrogen) atoms. The van der Waals surface area contributed by atoms with E-state index in [1.165, 1.54) is 19.1 Å². The summed E-state index contributed by atoms with van der Waals surface area (Å²) in [7, 11) is 0. The van der Waals surface area contributed by atoms with Gasteiger partial charge >= 0.3 is 6.03 Å². The normalized spacial score (nSPS) is 13.1. The third-order valence-electron chi connectivity index (χ3n) is 7.44. The molecule has 1 aliphatic rings. The third kappa shape index (κ3) is 6.40. The highest BCUT2D eigenvalue weighted by Crippen LogP contribution is 2.32. The molecule has 0 saturated carbocycles. The molecule has 0 atom stereocenters. The van der Waals surface area contributed by atoms with Crippen molar-refractivity contribution in [3.05, 3.63) is 96.1 Å². The first-order valence-electron chi connectivity index (χ1n) is 14.4. The Kier molecular flexibility index (Phi) is 8.25. The van der Waals surface area contributed by atoms with Crippen molar-refractivity contribution in [2.75, 3.05) is 41.8 Å². The Hall–Kier alpha value is -5.22. The number of carbonyl (C=O) groups is 2. The number of hydrogen-bond donors (Lipinski definition) is 2. The number of fused-ring (bicyclic) bond motifs is 1. The average molecular weight is 591 g/mol. The van der Waals surface area contributed by atoms with E-state index in [1.807, 2.05) is 31.2 Å². The minimum absolute atomic E-state index is 0.0208. The first kappa shape index (κ1) is 28.9. The van der Waals surface area contributed by atoms with Crippen molar-refractivity contribution < 1.29 is 18.7 Å². The molecule has 5 aromatic rings. The summed E-state index contributed by atoms with van der Waals surface area (Å²) in [6.07, 6.45) is 1.92. The van der Waals surface area contributed by atoms with Crippen LogP contribution < -0.4 is 15.5 Å². The van der Waals surface area contributed by atoms with Gasteiger partial charge in [0.2, 0.25) is 0 Å². The lowest BCUT2D eigenvalue weighted by atomic mass is 10.0. The van der Waals surface area contributed by atoms with Crippen LogP contribution in [0.2, 0.25) is 0 Å². The summed E-state index contributed by atoms with van der Waals surface area (Å²) in [4.78, 5) is 40.5. The van der Waals surface area contributed by atoms with Gasteiger partial charge in [-0.3, -0.25) is 9.78 Å². The lowest BCUT2D eigenvalue weighted by Gasteiger charge is -2.29. The van der Waals surface area contributed by atoms with Crippen LogP contribution in [0.4, 0.5) is 26.4 Å². The highest BCUT2D eigenvalue weighted by atomic mass is 19.1. The highest BCUT2D eigenvalue weighted by molar-refractivity contribution is 6.00. The third-order valence-corrected chi connectivity index (χ3v) is 7.44. The summed E-state index contributed by atoms with van der Waals surface area (Å²) in [5, 5.41) is 6.20. The molecule has 1 saturated heterocycles. The van der Waals surface area contributed by atoms with Crippen molar-refractivity contribution in [1.29, 1.82) is 0 Å². The predicted octanol–water partition coefficient (Wildman–Crippen LogP) is 6.42. The number of nitrogens with zero attached hydrogens (tertiary/aromatic N) is 4. The van der Waals surface area contributed by atoms with Gasteiger partial charge in [0.05, 0.1) is 24.4 Å². The molecule has 2 amide bonds. The average Bonchev–Trinajstić information content (AvgIpc) is 3.02. The van der Waals surface area contributed by atoms with Crippen molar-refractivity contribution >= 4 is 39.9 Å². The van der Waals surface area contributed by atoms with E-state index in [4.69, 9.17) is 14.7 Å².